The second kappa shape index (κ2) is 14.8. The Kier molecular flexibility index (Phi) is 11.1. The highest BCUT2D eigenvalue weighted by Gasteiger charge is 2.29. The zero-order valence-corrected chi connectivity index (χ0v) is 26.2. The number of likely N-dealkylation sites (N-methyl/N-ethyl adjacent to an activating group) is 2. The summed E-state index contributed by atoms with van der Waals surface area (Å²) in [4.78, 5) is 41.7. The summed E-state index contributed by atoms with van der Waals surface area (Å²) in [5.41, 5.74) is 1.62. The molecule has 240 valence electrons. The molecule has 1 aromatic heterocycles. The van der Waals surface area contributed by atoms with Gasteiger partial charge in [0, 0.05) is 39.1 Å². The van der Waals surface area contributed by atoms with Gasteiger partial charge in [-0.15, -0.1) is 0 Å². The van der Waals surface area contributed by atoms with Crippen molar-refractivity contribution in [3.8, 4) is 0 Å². The fourth-order valence-corrected chi connectivity index (χ4v) is 5.55. The Hall–Kier alpha value is -3.77. The highest BCUT2D eigenvalue weighted by molar-refractivity contribution is 5.84. The maximum Gasteiger partial charge on any atom is 0.410 e. The number of ether oxygens (including phenoxy) is 2. The number of halogens is 1. The zero-order chi connectivity index (χ0) is 32.0. The van der Waals surface area contributed by atoms with Crippen molar-refractivity contribution in [3.63, 3.8) is 0 Å². The lowest BCUT2D eigenvalue weighted by Crippen LogP contribution is -2.48. The number of fused-ring (bicyclic) bond motifs is 1. The molecule has 2 aromatic rings. The van der Waals surface area contributed by atoms with E-state index in [-0.39, 0.29) is 42.2 Å². The molecule has 0 spiro atoms. The number of cyclic esters (lactones) is 1. The first-order chi connectivity index (χ1) is 20.9. The molecule has 0 radical (unpaired) electrons. The Labute approximate surface area is 257 Å². The van der Waals surface area contributed by atoms with E-state index in [1.807, 2.05) is 33.0 Å². The van der Waals surface area contributed by atoms with Crippen LogP contribution in [-0.2, 0) is 25.6 Å². The molecular weight excluding hydrogens is 569 g/mol. The summed E-state index contributed by atoms with van der Waals surface area (Å²) in [7, 11) is 3.54. The van der Waals surface area contributed by atoms with E-state index < -0.39 is 30.1 Å². The van der Waals surface area contributed by atoms with E-state index in [4.69, 9.17) is 9.47 Å². The van der Waals surface area contributed by atoms with Gasteiger partial charge in [-0.1, -0.05) is 26.0 Å². The number of rotatable bonds is 5. The number of nitrogens with one attached hydrogen (secondary N) is 1. The SMILES string of the molecule is CNC(=O)Cn1ncc2c(F)cc(/C=C(\C)[C@H]3OC(=O)C[C@@H](O)CC[C@@H](C)[C@@H](OC(=O)N4CCN(C)CC4)/C=C\[C@@H]3C)cc21. The van der Waals surface area contributed by atoms with Crippen molar-refractivity contribution >= 4 is 34.9 Å². The maximum absolute atomic E-state index is 15.0. The monoisotopic (exact) mass is 613 g/mol. The molecule has 12 heteroatoms. The molecule has 2 aliphatic rings. The normalized spacial score (nSPS) is 26.8. The van der Waals surface area contributed by atoms with E-state index in [1.54, 1.807) is 24.0 Å². The molecule has 2 aliphatic heterocycles. The van der Waals surface area contributed by atoms with Crippen LogP contribution in [-0.4, -0.2) is 101 Å². The number of amides is 2. The Morgan fingerprint density at radius 1 is 1.18 bits per heavy atom. The summed E-state index contributed by atoms with van der Waals surface area (Å²) < 4.78 is 28.3. The summed E-state index contributed by atoms with van der Waals surface area (Å²) in [5, 5.41) is 17.6. The Morgan fingerprint density at radius 2 is 1.91 bits per heavy atom. The van der Waals surface area contributed by atoms with Crippen molar-refractivity contribution in [1.29, 1.82) is 0 Å². The highest BCUT2D eigenvalue weighted by Crippen LogP contribution is 2.27. The van der Waals surface area contributed by atoms with E-state index in [0.29, 0.717) is 42.6 Å². The van der Waals surface area contributed by atoms with Gasteiger partial charge in [0.05, 0.1) is 29.6 Å². The van der Waals surface area contributed by atoms with Crippen molar-refractivity contribution < 1.29 is 33.4 Å². The molecule has 1 aromatic carbocycles. The minimum atomic E-state index is -0.903. The predicted octanol–water partition coefficient (Wildman–Crippen LogP) is 3.36. The van der Waals surface area contributed by atoms with Crippen LogP contribution >= 0.6 is 0 Å². The van der Waals surface area contributed by atoms with Gasteiger partial charge in [0.2, 0.25) is 5.91 Å². The molecule has 0 unspecified atom stereocenters. The van der Waals surface area contributed by atoms with Gasteiger partial charge in [-0.25, -0.2) is 9.18 Å². The minimum Gasteiger partial charge on any atom is -0.457 e. The number of hydrogen-bond acceptors (Lipinski definition) is 8. The number of nitrogens with zero attached hydrogens (tertiary/aromatic N) is 4. The zero-order valence-electron chi connectivity index (χ0n) is 26.2. The predicted molar refractivity (Wildman–Crippen MR) is 164 cm³/mol. The average Bonchev–Trinajstić information content (AvgIpc) is 3.38. The maximum atomic E-state index is 15.0. The summed E-state index contributed by atoms with van der Waals surface area (Å²) in [6, 6.07) is 3.10. The van der Waals surface area contributed by atoms with E-state index >= 15 is 4.39 Å². The Morgan fingerprint density at radius 3 is 2.61 bits per heavy atom. The molecule has 1 saturated heterocycles. The van der Waals surface area contributed by atoms with Crippen molar-refractivity contribution in [2.24, 2.45) is 11.8 Å². The minimum absolute atomic E-state index is 0.0606. The Bertz CT molecular complexity index is 1400. The molecule has 11 nitrogen and oxygen atoms in total. The van der Waals surface area contributed by atoms with Crippen LogP contribution in [0.1, 0.15) is 45.6 Å². The number of piperazine rings is 1. The highest BCUT2D eigenvalue weighted by atomic mass is 19.1. The van der Waals surface area contributed by atoms with Gasteiger partial charge in [-0.05, 0) is 62.1 Å². The topological polar surface area (TPSA) is 126 Å². The molecule has 4 rings (SSSR count). The van der Waals surface area contributed by atoms with Gasteiger partial charge >= 0.3 is 12.1 Å². The molecule has 1 fully saturated rings. The fraction of sp³-hybridized carbons (Fsp3) is 0.562. The summed E-state index contributed by atoms with van der Waals surface area (Å²) >= 11 is 0. The summed E-state index contributed by atoms with van der Waals surface area (Å²) in [5.74, 6) is -1.72. The summed E-state index contributed by atoms with van der Waals surface area (Å²) in [6.07, 6.45) is 5.04. The number of aromatic nitrogens is 2. The molecule has 5 atom stereocenters. The van der Waals surface area contributed by atoms with Crippen LogP contribution < -0.4 is 5.32 Å². The lowest BCUT2D eigenvalue weighted by atomic mass is 9.91. The van der Waals surface area contributed by atoms with Crippen LogP contribution in [0.2, 0.25) is 0 Å². The quantitative estimate of drug-likeness (QED) is 0.389. The number of carbonyl (C=O) groups excluding carboxylic acids is 3. The molecule has 2 N–H and O–H groups in total. The Balaban J connectivity index is 1.60. The van der Waals surface area contributed by atoms with Crippen LogP contribution in [0.5, 0.6) is 0 Å². The lowest BCUT2D eigenvalue weighted by Gasteiger charge is -2.33. The average molecular weight is 614 g/mol. The molecule has 44 heavy (non-hydrogen) atoms. The number of carbonyl (C=O) groups is 3. The van der Waals surface area contributed by atoms with Crippen LogP contribution in [0.25, 0.3) is 17.0 Å². The van der Waals surface area contributed by atoms with Crippen molar-refractivity contribution in [1.82, 2.24) is 24.9 Å². The van der Waals surface area contributed by atoms with E-state index in [9.17, 15) is 19.5 Å². The molecule has 0 aliphatic carbocycles. The molecular formula is C32H44FN5O6. The van der Waals surface area contributed by atoms with Gasteiger partial charge in [0.1, 0.15) is 24.6 Å². The first-order valence-electron chi connectivity index (χ1n) is 15.2. The molecule has 0 bridgehead atoms. The number of benzene rings is 1. The number of aliphatic hydroxyl groups excluding tert-OH is 1. The van der Waals surface area contributed by atoms with Crippen molar-refractivity contribution in [3.05, 3.63) is 47.4 Å². The fourth-order valence-electron chi connectivity index (χ4n) is 5.55. The van der Waals surface area contributed by atoms with Crippen molar-refractivity contribution in [2.45, 2.75) is 64.9 Å². The second-order valence-corrected chi connectivity index (χ2v) is 12.0. The summed E-state index contributed by atoms with van der Waals surface area (Å²) in [6.45, 7) is 8.33. The third kappa shape index (κ3) is 8.44. The second-order valence-electron chi connectivity index (χ2n) is 12.0. The van der Waals surface area contributed by atoms with Gasteiger partial charge < -0.3 is 29.7 Å². The van der Waals surface area contributed by atoms with E-state index in [0.717, 1.165) is 13.1 Å². The largest absolute Gasteiger partial charge is 0.457 e. The van der Waals surface area contributed by atoms with Gasteiger partial charge in [0.15, 0.2) is 0 Å². The molecule has 0 saturated carbocycles. The van der Waals surface area contributed by atoms with Crippen molar-refractivity contribution in [2.75, 3.05) is 40.3 Å². The first kappa shape index (κ1) is 33.1. The van der Waals surface area contributed by atoms with Crippen LogP contribution in [0.15, 0.2) is 36.1 Å². The first-order valence-corrected chi connectivity index (χ1v) is 15.2. The molecule has 2 amide bonds. The molecule has 3 heterocycles. The number of esters is 1. The van der Waals surface area contributed by atoms with Crippen LogP contribution in [0.4, 0.5) is 9.18 Å². The van der Waals surface area contributed by atoms with Gasteiger partial charge in [-0.2, -0.15) is 5.10 Å². The van der Waals surface area contributed by atoms with Gasteiger partial charge in [0.25, 0.3) is 0 Å². The van der Waals surface area contributed by atoms with Gasteiger partial charge in [-0.3, -0.25) is 14.3 Å². The van der Waals surface area contributed by atoms with Crippen LogP contribution in [0.3, 0.4) is 0 Å². The standard InChI is InChI=1S/C32H44FN5O6/c1-20-6-8-24(39)17-30(41)44-31(21(2)7-9-28(20)43-32(42)37-12-10-36(5)11-13-37)22(3)14-23-15-26(33)25-18-35-38(27(25)16-23)19-29(40)34-4/h7,9,14-16,18,20-21,24,28,31,39H,6,8,10-13,17,19H2,1-5H3,(H,34,40)/b9-7-,22-14+/t20-,21+,24+,28+,31+/m1/s1. The van der Waals surface area contributed by atoms with E-state index in [2.05, 4.69) is 15.3 Å². The lowest BCUT2D eigenvalue weighted by molar-refractivity contribution is -0.151. The third-order valence-electron chi connectivity index (χ3n) is 8.41. The van der Waals surface area contributed by atoms with E-state index in [1.165, 1.54) is 24.0 Å². The number of hydrogen-bond donors (Lipinski definition) is 2. The number of aliphatic hydroxyl groups is 1. The smallest absolute Gasteiger partial charge is 0.410 e. The third-order valence-corrected chi connectivity index (χ3v) is 8.41. The van der Waals surface area contributed by atoms with Crippen LogP contribution in [0, 0.1) is 17.7 Å².